The van der Waals surface area contributed by atoms with E-state index in [9.17, 15) is 18.0 Å². The Balaban J connectivity index is 2.53. The molecule has 0 saturated carbocycles. The highest BCUT2D eigenvalue weighted by molar-refractivity contribution is 7.92. The molecule has 0 aromatic heterocycles. The molecule has 0 aliphatic rings. The van der Waals surface area contributed by atoms with Crippen molar-refractivity contribution >= 4 is 39.1 Å². The van der Waals surface area contributed by atoms with E-state index in [2.05, 4.69) is 5.32 Å². The van der Waals surface area contributed by atoms with Crippen LogP contribution in [-0.2, 0) is 26.2 Å². The third-order valence-electron chi connectivity index (χ3n) is 5.55. The summed E-state index contributed by atoms with van der Waals surface area (Å²) in [5.74, 6) is -0.799. The highest BCUT2D eigenvalue weighted by Gasteiger charge is 2.33. The zero-order valence-corrected chi connectivity index (χ0v) is 23.1. The van der Waals surface area contributed by atoms with Crippen molar-refractivity contribution in [2.45, 2.75) is 66.1 Å². The summed E-state index contributed by atoms with van der Waals surface area (Å²) in [6.45, 7) is 10.7. The number of nitrogens with one attached hydrogen (secondary N) is 1. The van der Waals surface area contributed by atoms with Crippen molar-refractivity contribution in [3.05, 3.63) is 64.2 Å². The first-order valence-corrected chi connectivity index (χ1v) is 13.8. The molecule has 35 heavy (non-hydrogen) atoms. The highest BCUT2D eigenvalue weighted by Crippen LogP contribution is 2.28. The van der Waals surface area contributed by atoms with Crippen LogP contribution in [0.5, 0.6) is 0 Å². The summed E-state index contributed by atoms with van der Waals surface area (Å²) in [5.41, 5.74) is 2.10. The number of rotatable bonds is 9. The lowest BCUT2D eigenvalue weighted by Gasteiger charge is -2.35. The quantitative estimate of drug-likeness (QED) is 0.528. The number of halogens is 1. The molecule has 0 aliphatic heterocycles. The second-order valence-corrected chi connectivity index (χ2v) is 12.1. The van der Waals surface area contributed by atoms with Crippen LogP contribution in [0.2, 0.25) is 5.02 Å². The fourth-order valence-corrected chi connectivity index (χ4v) is 5.12. The van der Waals surface area contributed by atoms with Gasteiger partial charge in [-0.2, -0.15) is 0 Å². The molecular formula is C26H36ClN3O4S. The molecule has 2 rings (SSSR count). The second-order valence-electron chi connectivity index (χ2n) is 9.79. The molecule has 0 bridgehead atoms. The Morgan fingerprint density at radius 2 is 1.60 bits per heavy atom. The largest absolute Gasteiger partial charge is 0.350 e. The summed E-state index contributed by atoms with van der Waals surface area (Å²) in [6.07, 6.45) is 1.43. The van der Waals surface area contributed by atoms with E-state index < -0.39 is 34.1 Å². The lowest BCUT2D eigenvalue weighted by Crippen LogP contribution is -2.55. The van der Waals surface area contributed by atoms with E-state index in [1.54, 1.807) is 50.2 Å². The maximum absolute atomic E-state index is 13.8. The molecule has 0 saturated heterocycles. The van der Waals surface area contributed by atoms with Gasteiger partial charge in [0, 0.05) is 17.1 Å². The molecule has 0 radical (unpaired) electrons. The number of nitrogens with zero attached hydrogens (tertiary/aromatic N) is 2. The van der Waals surface area contributed by atoms with Gasteiger partial charge in [-0.05, 0) is 63.8 Å². The van der Waals surface area contributed by atoms with Crippen molar-refractivity contribution in [3.8, 4) is 0 Å². The van der Waals surface area contributed by atoms with Crippen molar-refractivity contribution in [2.24, 2.45) is 0 Å². The Morgan fingerprint density at radius 1 is 1.03 bits per heavy atom. The van der Waals surface area contributed by atoms with Gasteiger partial charge in [0.15, 0.2) is 0 Å². The van der Waals surface area contributed by atoms with Crippen LogP contribution in [-0.4, -0.2) is 49.5 Å². The van der Waals surface area contributed by atoms with Crippen LogP contribution < -0.4 is 9.62 Å². The van der Waals surface area contributed by atoms with Gasteiger partial charge in [0.05, 0.1) is 11.9 Å². The van der Waals surface area contributed by atoms with Crippen molar-refractivity contribution in [3.63, 3.8) is 0 Å². The lowest BCUT2D eigenvalue weighted by atomic mass is 10.1. The van der Waals surface area contributed by atoms with Gasteiger partial charge in [0.1, 0.15) is 12.6 Å². The molecule has 192 valence electrons. The Hall–Kier alpha value is -2.58. The van der Waals surface area contributed by atoms with Gasteiger partial charge >= 0.3 is 0 Å². The van der Waals surface area contributed by atoms with Crippen molar-refractivity contribution in [2.75, 3.05) is 17.1 Å². The average Bonchev–Trinajstić information content (AvgIpc) is 2.72. The Kier molecular flexibility index (Phi) is 9.36. The van der Waals surface area contributed by atoms with Gasteiger partial charge in [-0.3, -0.25) is 13.9 Å². The first-order valence-electron chi connectivity index (χ1n) is 11.5. The number of anilines is 1. The fraction of sp³-hybridized carbons (Fsp3) is 0.462. The van der Waals surface area contributed by atoms with Crippen LogP contribution in [0.15, 0.2) is 42.5 Å². The minimum atomic E-state index is -3.79. The monoisotopic (exact) mass is 521 g/mol. The number of hydrogen-bond donors (Lipinski definition) is 1. The predicted molar refractivity (Wildman–Crippen MR) is 142 cm³/mol. The van der Waals surface area contributed by atoms with Gasteiger partial charge in [-0.25, -0.2) is 8.42 Å². The number of hydrogen-bond acceptors (Lipinski definition) is 4. The van der Waals surface area contributed by atoms with Gasteiger partial charge < -0.3 is 10.2 Å². The summed E-state index contributed by atoms with van der Waals surface area (Å²) in [4.78, 5) is 28.4. The first-order chi connectivity index (χ1) is 16.2. The van der Waals surface area contributed by atoms with E-state index in [0.717, 1.165) is 21.7 Å². The average molecular weight is 522 g/mol. The second kappa shape index (κ2) is 11.4. The van der Waals surface area contributed by atoms with E-state index in [0.29, 0.717) is 22.7 Å². The normalized spacial score (nSPS) is 12.7. The summed E-state index contributed by atoms with van der Waals surface area (Å²) >= 11 is 6.38. The van der Waals surface area contributed by atoms with Gasteiger partial charge in [0.25, 0.3) is 0 Å². The number of carbonyl (C=O) groups excluding carboxylic acids is 2. The summed E-state index contributed by atoms with van der Waals surface area (Å²) in [5, 5.41) is 3.41. The maximum atomic E-state index is 13.8. The number of para-hydroxylation sites is 1. The van der Waals surface area contributed by atoms with Crippen molar-refractivity contribution in [1.82, 2.24) is 10.2 Å². The lowest BCUT2D eigenvalue weighted by molar-refractivity contribution is -0.141. The number of aryl methyl sites for hydroxylation is 2. The van der Waals surface area contributed by atoms with Crippen LogP contribution in [0, 0.1) is 13.8 Å². The molecule has 1 atom stereocenters. The predicted octanol–water partition coefficient (Wildman–Crippen LogP) is 4.44. The molecular weight excluding hydrogens is 486 g/mol. The molecule has 0 fully saturated rings. The zero-order chi connectivity index (χ0) is 26.6. The molecule has 2 aromatic rings. The van der Waals surface area contributed by atoms with E-state index in [4.69, 9.17) is 11.6 Å². The minimum absolute atomic E-state index is 0.0684. The third kappa shape index (κ3) is 7.70. The molecule has 1 unspecified atom stereocenters. The molecule has 0 heterocycles. The fourth-order valence-electron chi connectivity index (χ4n) is 3.96. The van der Waals surface area contributed by atoms with E-state index in [1.165, 1.54) is 4.90 Å². The first kappa shape index (κ1) is 28.7. The molecule has 2 amide bonds. The molecule has 7 nitrogen and oxygen atoms in total. The maximum Gasteiger partial charge on any atom is 0.244 e. The number of sulfonamides is 1. The Morgan fingerprint density at radius 3 is 2.09 bits per heavy atom. The standard InChI is InChI=1S/C26H36ClN3O4S/c1-8-22(25(32)28-26(4,5)6)29(16-20-14-9-10-15-21(20)27)23(31)17-30(35(7,33)34)24-18(2)12-11-13-19(24)3/h9-15,22H,8,16-17H2,1-7H3,(H,28,32). The van der Waals surface area contributed by atoms with E-state index in [-0.39, 0.29) is 12.5 Å². The molecule has 2 aromatic carbocycles. The summed E-state index contributed by atoms with van der Waals surface area (Å²) in [7, 11) is -3.79. The van der Waals surface area contributed by atoms with Crippen molar-refractivity contribution < 1.29 is 18.0 Å². The van der Waals surface area contributed by atoms with Crippen LogP contribution in [0.1, 0.15) is 50.8 Å². The molecule has 9 heteroatoms. The number of benzene rings is 2. The molecule has 0 spiro atoms. The Bertz CT molecular complexity index is 1160. The van der Waals surface area contributed by atoms with E-state index in [1.807, 2.05) is 33.8 Å². The zero-order valence-electron chi connectivity index (χ0n) is 21.6. The SMILES string of the molecule is CCC(C(=O)NC(C)(C)C)N(Cc1ccccc1Cl)C(=O)CN(c1c(C)cccc1C)S(C)(=O)=O. The summed E-state index contributed by atoms with van der Waals surface area (Å²) in [6, 6.07) is 11.7. The van der Waals surface area contributed by atoms with Gasteiger partial charge in [-0.1, -0.05) is 54.9 Å². The van der Waals surface area contributed by atoms with Gasteiger partial charge in [-0.15, -0.1) is 0 Å². The smallest absolute Gasteiger partial charge is 0.244 e. The van der Waals surface area contributed by atoms with Gasteiger partial charge in [0.2, 0.25) is 21.8 Å². The van der Waals surface area contributed by atoms with Crippen LogP contribution >= 0.6 is 11.6 Å². The van der Waals surface area contributed by atoms with Crippen LogP contribution in [0.4, 0.5) is 5.69 Å². The summed E-state index contributed by atoms with van der Waals surface area (Å²) < 4.78 is 26.8. The van der Waals surface area contributed by atoms with E-state index >= 15 is 0 Å². The van der Waals surface area contributed by atoms with Crippen LogP contribution in [0.25, 0.3) is 0 Å². The molecule has 1 N–H and O–H groups in total. The Labute approximate surface area is 214 Å². The third-order valence-corrected chi connectivity index (χ3v) is 7.03. The molecule has 0 aliphatic carbocycles. The number of amides is 2. The van der Waals surface area contributed by atoms with Crippen LogP contribution in [0.3, 0.4) is 0 Å². The minimum Gasteiger partial charge on any atom is -0.350 e. The number of carbonyl (C=O) groups is 2. The van der Waals surface area contributed by atoms with Crippen molar-refractivity contribution in [1.29, 1.82) is 0 Å². The highest BCUT2D eigenvalue weighted by atomic mass is 35.5. The topological polar surface area (TPSA) is 86.8 Å².